The number of hydrogen-bond donors (Lipinski definition) is 2. The quantitative estimate of drug-likeness (QED) is 0.574. The SMILES string of the molecule is Cn1nc(COCC2CC2)c2c1CN(CC1CC1)CC2.O=C(O)C(F)(F)F.O=C(O)C(F)(F)F. The second kappa shape index (κ2) is 11.4. The van der Waals surface area contributed by atoms with E-state index in [1.807, 2.05) is 0 Å². The molecule has 1 aliphatic heterocycles. The molecule has 2 aliphatic carbocycles. The number of carbonyl (C=O) groups is 2. The van der Waals surface area contributed by atoms with Crippen LogP contribution in [0.4, 0.5) is 26.3 Å². The van der Waals surface area contributed by atoms with Gasteiger partial charge in [-0.3, -0.25) is 9.58 Å². The molecule has 0 bridgehead atoms. The summed E-state index contributed by atoms with van der Waals surface area (Å²) in [5, 5.41) is 19.0. The number of aromatic nitrogens is 2. The summed E-state index contributed by atoms with van der Waals surface area (Å²) in [5.74, 6) is -3.70. The molecule has 194 valence electrons. The molecule has 0 unspecified atom stereocenters. The van der Waals surface area contributed by atoms with Crippen LogP contribution >= 0.6 is 0 Å². The van der Waals surface area contributed by atoms with E-state index in [2.05, 4.69) is 16.6 Å². The van der Waals surface area contributed by atoms with E-state index in [9.17, 15) is 26.3 Å². The largest absolute Gasteiger partial charge is 0.490 e. The van der Waals surface area contributed by atoms with E-state index in [0.717, 1.165) is 31.4 Å². The third kappa shape index (κ3) is 9.49. The van der Waals surface area contributed by atoms with Crippen molar-refractivity contribution in [2.75, 3.05) is 19.7 Å². The van der Waals surface area contributed by atoms with Gasteiger partial charge in [0.15, 0.2) is 0 Å². The smallest absolute Gasteiger partial charge is 0.475 e. The van der Waals surface area contributed by atoms with Crippen LogP contribution in [0.2, 0.25) is 0 Å². The molecule has 8 nitrogen and oxygen atoms in total. The van der Waals surface area contributed by atoms with E-state index >= 15 is 0 Å². The van der Waals surface area contributed by atoms with Crippen LogP contribution in [0.3, 0.4) is 0 Å². The fourth-order valence-corrected chi connectivity index (χ4v) is 3.25. The topological polar surface area (TPSA) is 105 Å². The number of nitrogens with zero attached hydrogens (tertiary/aromatic N) is 3. The van der Waals surface area contributed by atoms with E-state index < -0.39 is 24.3 Å². The zero-order valence-corrected chi connectivity index (χ0v) is 18.5. The van der Waals surface area contributed by atoms with E-state index in [1.54, 1.807) is 0 Å². The van der Waals surface area contributed by atoms with Crippen molar-refractivity contribution < 1.29 is 50.9 Å². The fraction of sp³-hybridized carbons (Fsp3) is 0.750. The molecule has 1 aromatic rings. The summed E-state index contributed by atoms with van der Waals surface area (Å²) in [5.41, 5.74) is 4.08. The first-order chi connectivity index (χ1) is 15.7. The van der Waals surface area contributed by atoms with Crippen LogP contribution in [0, 0.1) is 11.8 Å². The van der Waals surface area contributed by atoms with Gasteiger partial charge in [0, 0.05) is 38.9 Å². The number of aliphatic carboxylic acids is 2. The Balaban J connectivity index is 0.000000244. The highest BCUT2D eigenvalue weighted by Crippen LogP contribution is 2.32. The van der Waals surface area contributed by atoms with Gasteiger partial charge >= 0.3 is 24.3 Å². The van der Waals surface area contributed by atoms with Gasteiger partial charge in [0.25, 0.3) is 0 Å². The van der Waals surface area contributed by atoms with Crippen molar-refractivity contribution in [3.8, 4) is 0 Å². The molecule has 0 radical (unpaired) electrons. The van der Waals surface area contributed by atoms with E-state index in [-0.39, 0.29) is 0 Å². The molecule has 0 amide bonds. The molecule has 0 saturated heterocycles. The van der Waals surface area contributed by atoms with Crippen LogP contribution < -0.4 is 0 Å². The van der Waals surface area contributed by atoms with Gasteiger partial charge in [-0.05, 0) is 43.9 Å². The highest BCUT2D eigenvalue weighted by Gasteiger charge is 2.39. The predicted octanol–water partition coefficient (Wildman–Crippen LogP) is 3.38. The number of halogens is 6. The molecule has 2 N–H and O–H groups in total. The van der Waals surface area contributed by atoms with Crippen molar-refractivity contribution in [1.29, 1.82) is 0 Å². The third-order valence-corrected chi connectivity index (χ3v) is 5.40. The molecule has 0 spiro atoms. The number of rotatable bonds is 6. The van der Waals surface area contributed by atoms with Gasteiger partial charge in [-0.2, -0.15) is 31.4 Å². The minimum absolute atomic E-state index is 0.711. The maximum Gasteiger partial charge on any atom is 0.490 e. The Morgan fingerprint density at radius 2 is 1.50 bits per heavy atom. The minimum Gasteiger partial charge on any atom is -0.475 e. The van der Waals surface area contributed by atoms with Gasteiger partial charge in [-0.25, -0.2) is 9.59 Å². The van der Waals surface area contributed by atoms with Gasteiger partial charge in [-0.15, -0.1) is 0 Å². The number of ether oxygens (including phenoxy) is 1. The lowest BCUT2D eigenvalue weighted by atomic mass is 10.0. The molecule has 1 aromatic heterocycles. The van der Waals surface area contributed by atoms with Crippen molar-refractivity contribution in [3.63, 3.8) is 0 Å². The molecular formula is C20H27F6N3O5. The first-order valence-corrected chi connectivity index (χ1v) is 10.6. The van der Waals surface area contributed by atoms with Crippen LogP contribution in [0.25, 0.3) is 0 Å². The van der Waals surface area contributed by atoms with Crippen molar-refractivity contribution in [3.05, 3.63) is 17.0 Å². The summed E-state index contributed by atoms with van der Waals surface area (Å²) in [4.78, 5) is 20.4. The molecule has 14 heteroatoms. The molecule has 2 heterocycles. The number of carboxylic acid groups (broad SMARTS) is 2. The summed E-state index contributed by atoms with van der Waals surface area (Å²) < 4.78 is 71.4. The summed E-state index contributed by atoms with van der Waals surface area (Å²) >= 11 is 0. The van der Waals surface area contributed by atoms with Crippen molar-refractivity contribution >= 4 is 11.9 Å². The van der Waals surface area contributed by atoms with Crippen molar-refractivity contribution in [2.45, 2.75) is 57.6 Å². The Morgan fingerprint density at radius 3 is 1.94 bits per heavy atom. The Morgan fingerprint density at radius 1 is 1.00 bits per heavy atom. The monoisotopic (exact) mass is 503 g/mol. The van der Waals surface area contributed by atoms with Gasteiger partial charge in [-0.1, -0.05) is 0 Å². The predicted molar refractivity (Wildman–Crippen MR) is 105 cm³/mol. The Labute approximate surface area is 191 Å². The molecule has 2 saturated carbocycles. The second-order valence-electron chi connectivity index (χ2n) is 8.49. The number of carboxylic acids is 2. The normalized spacial score (nSPS) is 18.2. The first-order valence-electron chi connectivity index (χ1n) is 10.6. The van der Waals surface area contributed by atoms with Crippen LogP contribution in [0.15, 0.2) is 0 Å². The standard InChI is InChI=1S/C16H25N3O.2C2HF3O2/c1-18-16-9-19(8-12-2-3-12)7-6-14(16)15(17-18)11-20-10-13-4-5-13;2*3-2(4,5)1(6)7/h12-13H,2-11H2,1H3;2*(H,6,7). The number of alkyl halides is 6. The lowest BCUT2D eigenvalue weighted by molar-refractivity contribution is -0.193. The summed E-state index contributed by atoms with van der Waals surface area (Å²) in [6, 6.07) is 0. The van der Waals surface area contributed by atoms with E-state index in [1.165, 1.54) is 55.7 Å². The Hall–Kier alpha value is -2.35. The molecule has 2 fully saturated rings. The van der Waals surface area contributed by atoms with Crippen LogP contribution in [-0.4, -0.2) is 68.9 Å². The van der Waals surface area contributed by atoms with Crippen molar-refractivity contribution in [2.24, 2.45) is 18.9 Å². The van der Waals surface area contributed by atoms with Crippen molar-refractivity contribution in [1.82, 2.24) is 14.7 Å². The number of hydrogen-bond acceptors (Lipinski definition) is 5. The summed E-state index contributed by atoms with van der Waals surface area (Å²) in [6.07, 6.45) is -3.42. The van der Waals surface area contributed by atoms with E-state index in [0.29, 0.717) is 6.61 Å². The third-order valence-electron chi connectivity index (χ3n) is 5.40. The molecule has 3 aliphatic rings. The molecule has 0 atom stereocenters. The number of fused-ring (bicyclic) bond motifs is 1. The zero-order valence-electron chi connectivity index (χ0n) is 18.5. The lowest BCUT2D eigenvalue weighted by Gasteiger charge is -2.27. The van der Waals surface area contributed by atoms with Gasteiger partial charge in [0.2, 0.25) is 0 Å². The summed E-state index contributed by atoms with van der Waals surface area (Å²) in [7, 11) is 2.09. The molecule has 4 rings (SSSR count). The van der Waals surface area contributed by atoms with Gasteiger partial charge in [0.05, 0.1) is 18.0 Å². The van der Waals surface area contributed by atoms with Crippen LogP contribution in [-0.2, 0) is 40.9 Å². The number of aryl methyl sites for hydroxylation is 1. The van der Waals surface area contributed by atoms with Crippen LogP contribution in [0.5, 0.6) is 0 Å². The molecule has 0 aromatic carbocycles. The lowest BCUT2D eigenvalue weighted by Crippen LogP contribution is -2.33. The van der Waals surface area contributed by atoms with Crippen LogP contribution in [0.1, 0.15) is 42.6 Å². The highest BCUT2D eigenvalue weighted by molar-refractivity contribution is 5.73. The minimum atomic E-state index is -5.08. The molecular weight excluding hydrogens is 476 g/mol. The Kier molecular flexibility index (Phi) is 9.34. The fourth-order valence-electron chi connectivity index (χ4n) is 3.25. The average Bonchev–Trinajstić information content (AvgIpc) is 3.63. The average molecular weight is 503 g/mol. The van der Waals surface area contributed by atoms with Gasteiger partial charge in [0.1, 0.15) is 0 Å². The molecule has 34 heavy (non-hydrogen) atoms. The maximum absolute atomic E-state index is 10.6. The zero-order chi connectivity index (χ0) is 25.7. The van der Waals surface area contributed by atoms with Gasteiger partial charge < -0.3 is 14.9 Å². The maximum atomic E-state index is 10.6. The highest BCUT2D eigenvalue weighted by atomic mass is 19.4. The summed E-state index contributed by atoms with van der Waals surface area (Å²) in [6.45, 7) is 5.21. The van der Waals surface area contributed by atoms with E-state index in [4.69, 9.17) is 29.6 Å². The second-order valence-corrected chi connectivity index (χ2v) is 8.49. The Bertz CT molecular complexity index is 823. The first kappa shape index (κ1) is 27.9.